The van der Waals surface area contributed by atoms with Crippen LogP contribution in [-0.4, -0.2) is 23.2 Å². The molecule has 0 saturated heterocycles. The van der Waals surface area contributed by atoms with E-state index in [4.69, 9.17) is 16.3 Å². The molecule has 0 aliphatic heterocycles. The Hall–Kier alpha value is -1.68. The van der Waals surface area contributed by atoms with Gasteiger partial charge in [0, 0.05) is 17.8 Å². The van der Waals surface area contributed by atoms with Crippen LogP contribution in [0.5, 0.6) is 5.75 Å². The van der Waals surface area contributed by atoms with E-state index in [9.17, 15) is 0 Å². The van der Waals surface area contributed by atoms with Crippen molar-refractivity contribution in [1.82, 2.24) is 9.55 Å². The van der Waals surface area contributed by atoms with Gasteiger partial charge in [0.1, 0.15) is 5.75 Å². The minimum atomic E-state index is 0.543. The summed E-state index contributed by atoms with van der Waals surface area (Å²) in [5, 5.41) is 4.02. The van der Waals surface area contributed by atoms with Gasteiger partial charge in [-0.1, -0.05) is 25.4 Å². The third-order valence-electron chi connectivity index (χ3n) is 2.90. The van der Waals surface area contributed by atoms with Crippen LogP contribution in [0, 0.1) is 12.8 Å². The summed E-state index contributed by atoms with van der Waals surface area (Å²) < 4.78 is 7.38. The molecule has 0 aliphatic rings. The first-order valence-electron chi connectivity index (χ1n) is 6.65. The highest BCUT2D eigenvalue weighted by Crippen LogP contribution is 2.29. The molecule has 0 fully saturated rings. The minimum Gasteiger partial charge on any atom is -0.495 e. The Bertz CT molecular complexity index is 593. The third kappa shape index (κ3) is 3.25. The summed E-state index contributed by atoms with van der Waals surface area (Å²) >= 11 is 6.10. The summed E-state index contributed by atoms with van der Waals surface area (Å²) in [5.74, 6) is 2.11. The minimum absolute atomic E-state index is 0.543. The number of aromatic nitrogens is 2. The Kier molecular flexibility index (Phi) is 4.55. The van der Waals surface area contributed by atoms with Crippen LogP contribution in [0.15, 0.2) is 24.4 Å². The van der Waals surface area contributed by atoms with Crippen LogP contribution < -0.4 is 10.1 Å². The summed E-state index contributed by atoms with van der Waals surface area (Å²) in [4.78, 5) is 4.52. The van der Waals surface area contributed by atoms with Crippen molar-refractivity contribution in [3.05, 3.63) is 35.1 Å². The lowest BCUT2D eigenvalue weighted by molar-refractivity contribution is 0.413. The monoisotopic (exact) mass is 293 g/mol. The molecular weight excluding hydrogens is 274 g/mol. The molecule has 0 radical (unpaired) electrons. The molecule has 5 heteroatoms. The van der Waals surface area contributed by atoms with Crippen LogP contribution in [0.3, 0.4) is 0 Å². The van der Waals surface area contributed by atoms with Gasteiger partial charge in [0.05, 0.1) is 18.5 Å². The van der Waals surface area contributed by atoms with Gasteiger partial charge in [0.25, 0.3) is 0 Å². The maximum Gasteiger partial charge on any atom is 0.207 e. The van der Waals surface area contributed by atoms with Crippen molar-refractivity contribution in [1.29, 1.82) is 0 Å². The van der Waals surface area contributed by atoms with Crippen molar-refractivity contribution >= 4 is 17.5 Å². The van der Waals surface area contributed by atoms with Gasteiger partial charge in [-0.3, -0.25) is 4.57 Å². The van der Waals surface area contributed by atoms with Gasteiger partial charge >= 0.3 is 0 Å². The normalized spacial score (nSPS) is 10.9. The van der Waals surface area contributed by atoms with E-state index in [0.29, 0.717) is 10.9 Å². The molecule has 0 bridgehead atoms. The first-order chi connectivity index (χ1) is 9.51. The zero-order valence-electron chi connectivity index (χ0n) is 12.3. The van der Waals surface area contributed by atoms with Crippen LogP contribution in [0.4, 0.5) is 5.95 Å². The molecule has 0 unspecified atom stereocenters. The summed E-state index contributed by atoms with van der Waals surface area (Å²) in [7, 11) is 1.65. The smallest absolute Gasteiger partial charge is 0.207 e. The molecule has 1 heterocycles. The predicted octanol–water partition coefficient (Wildman–Crippen LogP) is 3.91. The van der Waals surface area contributed by atoms with Crippen LogP contribution in [-0.2, 0) is 0 Å². The summed E-state index contributed by atoms with van der Waals surface area (Å²) in [6.07, 6.45) is 1.97. The van der Waals surface area contributed by atoms with Gasteiger partial charge in [-0.05, 0) is 31.0 Å². The Labute approximate surface area is 124 Å². The number of halogens is 1. The second kappa shape index (κ2) is 6.18. The maximum absolute atomic E-state index is 6.10. The van der Waals surface area contributed by atoms with Gasteiger partial charge in [0.2, 0.25) is 5.95 Å². The Balaban J connectivity index is 2.44. The molecule has 1 N–H and O–H groups in total. The molecule has 20 heavy (non-hydrogen) atoms. The van der Waals surface area contributed by atoms with E-state index >= 15 is 0 Å². The summed E-state index contributed by atoms with van der Waals surface area (Å²) in [6.45, 7) is 7.15. The highest BCUT2D eigenvalue weighted by molar-refractivity contribution is 6.30. The Morgan fingerprint density at radius 2 is 2.15 bits per heavy atom. The number of hydrogen-bond acceptors (Lipinski definition) is 3. The molecule has 108 valence electrons. The Morgan fingerprint density at radius 3 is 2.80 bits per heavy atom. The number of nitrogens with one attached hydrogen (secondary N) is 1. The second-order valence-electron chi connectivity index (χ2n) is 5.17. The van der Waals surface area contributed by atoms with Crippen molar-refractivity contribution < 1.29 is 4.74 Å². The molecule has 2 aromatic rings. The van der Waals surface area contributed by atoms with Gasteiger partial charge in [-0.25, -0.2) is 4.98 Å². The average molecular weight is 294 g/mol. The van der Waals surface area contributed by atoms with Gasteiger partial charge < -0.3 is 10.1 Å². The molecule has 0 amide bonds. The number of rotatable bonds is 5. The Morgan fingerprint density at radius 1 is 1.40 bits per heavy atom. The molecule has 0 saturated carbocycles. The van der Waals surface area contributed by atoms with E-state index in [1.165, 1.54) is 0 Å². The van der Waals surface area contributed by atoms with E-state index in [1.807, 2.05) is 35.9 Å². The zero-order chi connectivity index (χ0) is 14.7. The van der Waals surface area contributed by atoms with Crippen molar-refractivity contribution in [3.63, 3.8) is 0 Å². The standard InChI is InChI=1S/C15H20ClN3O/c1-10(2)8-17-15-18-11(3)9-19(15)13-7-12(16)5-6-14(13)20-4/h5-7,9-10H,8H2,1-4H3,(H,17,18). The highest BCUT2D eigenvalue weighted by atomic mass is 35.5. The zero-order valence-corrected chi connectivity index (χ0v) is 13.0. The molecule has 0 spiro atoms. The SMILES string of the molecule is COc1ccc(Cl)cc1-n1cc(C)nc1NCC(C)C. The quantitative estimate of drug-likeness (QED) is 0.908. The molecule has 4 nitrogen and oxygen atoms in total. The van der Waals surface area contributed by atoms with Crippen LogP contribution in [0.25, 0.3) is 5.69 Å². The summed E-state index contributed by atoms with van der Waals surface area (Å²) in [6, 6.07) is 5.55. The van der Waals surface area contributed by atoms with Gasteiger partial charge in [-0.2, -0.15) is 0 Å². The number of anilines is 1. The average Bonchev–Trinajstić information content (AvgIpc) is 2.77. The van der Waals surface area contributed by atoms with E-state index in [-0.39, 0.29) is 0 Å². The number of imidazole rings is 1. The fraction of sp³-hybridized carbons (Fsp3) is 0.400. The lowest BCUT2D eigenvalue weighted by Crippen LogP contribution is -2.12. The molecule has 1 aromatic heterocycles. The van der Waals surface area contributed by atoms with Crippen molar-refractivity contribution in [2.75, 3.05) is 19.0 Å². The molecule has 2 rings (SSSR count). The fourth-order valence-corrected chi connectivity index (χ4v) is 2.12. The van der Waals surface area contributed by atoms with Crippen molar-refractivity contribution in [2.24, 2.45) is 5.92 Å². The lowest BCUT2D eigenvalue weighted by Gasteiger charge is -2.14. The lowest BCUT2D eigenvalue weighted by atomic mass is 10.2. The van der Waals surface area contributed by atoms with E-state index in [2.05, 4.69) is 24.1 Å². The number of ether oxygens (including phenoxy) is 1. The maximum atomic E-state index is 6.10. The van der Waals surface area contributed by atoms with Gasteiger partial charge in [-0.15, -0.1) is 0 Å². The number of hydrogen-bond donors (Lipinski definition) is 1. The van der Waals surface area contributed by atoms with Crippen molar-refractivity contribution in [3.8, 4) is 11.4 Å². The second-order valence-corrected chi connectivity index (χ2v) is 5.60. The molecule has 0 atom stereocenters. The van der Waals surface area contributed by atoms with E-state index < -0.39 is 0 Å². The summed E-state index contributed by atoms with van der Waals surface area (Å²) in [5.41, 5.74) is 1.82. The largest absolute Gasteiger partial charge is 0.495 e. The molecule has 1 aromatic carbocycles. The molecule has 0 aliphatic carbocycles. The van der Waals surface area contributed by atoms with Crippen LogP contribution in [0.2, 0.25) is 5.02 Å². The topological polar surface area (TPSA) is 39.1 Å². The first kappa shape index (κ1) is 14.7. The number of methoxy groups -OCH3 is 1. The fourth-order valence-electron chi connectivity index (χ4n) is 1.95. The number of nitrogens with zero attached hydrogens (tertiary/aromatic N) is 2. The number of benzene rings is 1. The van der Waals surface area contributed by atoms with Crippen molar-refractivity contribution in [2.45, 2.75) is 20.8 Å². The van der Waals surface area contributed by atoms with E-state index in [1.54, 1.807) is 7.11 Å². The van der Waals surface area contributed by atoms with Gasteiger partial charge in [0.15, 0.2) is 0 Å². The van der Waals surface area contributed by atoms with Crippen LogP contribution in [0.1, 0.15) is 19.5 Å². The van der Waals surface area contributed by atoms with Crippen LogP contribution >= 0.6 is 11.6 Å². The first-order valence-corrected chi connectivity index (χ1v) is 7.03. The molecular formula is C15H20ClN3O. The highest BCUT2D eigenvalue weighted by Gasteiger charge is 2.12. The van der Waals surface area contributed by atoms with E-state index in [0.717, 1.165) is 29.6 Å². The third-order valence-corrected chi connectivity index (χ3v) is 3.13. The predicted molar refractivity (Wildman–Crippen MR) is 83.2 cm³/mol. The number of aryl methyl sites for hydroxylation is 1.